The van der Waals surface area contributed by atoms with Crippen LogP contribution in [-0.4, -0.2) is 13.0 Å². The van der Waals surface area contributed by atoms with Gasteiger partial charge in [0, 0.05) is 17.5 Å². The summed E-state index contributed by atoms with van der Waals surface area (Å²) in [4.78, 5) is 15.0. The van der Waals surface area contributed by atoms with Gasteiger partial charge in [-0.05, 0) is 40.2 Å². The molecule has 0 unspecified atom stereocenters. The van der Waals surface area contributed by atoms with Crippen molar-refractivity contribution in [2.75, 3.05) is 11.9 Å². The smallest absolute Gasteiger partial charge is 0.258 e. The first kappa shape index (κ1) is 11.7. The predicted octanol–water partition coefficient (Wildman–Crippen LogP) is 4.03. The molecule has 0 radical (unpaired) electrons. The molecule has 0 saturated heterocycles. The van der Waals surface area contributed by atoms with Gasteiger partial charge in [0.05, 0.1) is 15.0 Å². The number of halogens is 1. The molecule has 0 fully saturated rings. The SMILES string of the molecule is CN1C(=O)/C(=C/c2ccc(Br)s2)c2ccccc21. The fourth-order valence-electron chi connectivity index (χ4n) is 2.09. The third-order valence-corrected chi connectivity index (χ3v) is 4.54. The molecule has 0 atom stereocenters. The van der Waals surface area contributed by atoms with E-state index in [4.69, 9.17) is 0 Å². The van der Waals surface area contributed by atoms with Crippen molar-refractivity contribution in [3.63, 3.8) is 0 Å². The Hall–Kier alpha value is -1.39. The maximum atomic E-state index is 12.2. The lowest BCUT2D eigenvalue weighted by atomic mass is 10.1. The molecule has 1 amide bonds. The molecule has 1 aromatic carbocycles. The minimum Gasteiger partial charge on any atom is -0.311 e. The normalized spacial score (nSPS) is 16.4. The van der Waals surface area contributed by atoms with Gasteiger partial charge in [0.25, 0.3) is 5.91 Å². The lowest BCUT2D eigenvalue weighted by Gasteiger charge is -2.07. The molecule has 18 heavy (non-hydrogen) atoms. The van der Waals surface area contributed by atoms with Gasteiger partial charge in [0.2, 0.25) is 0 Å². The van der Waals surface area contributed by atoms with Crippen LogP contribution in [0.4, 0.5) is 5.69 Å². The summed E-state index contributed by atoms with van der Waals surface area (Å²) in [6, 6.07) is 11.9. The summed E-state index contributed by atoms with van der Waals surface area (Å²) in [6.45, 7) is 0. The third-order valence-electron chi connectivity index (χ3n) is 2.97. The average molecular weight is 320 g/mol. The molecule has 4 heteroatoms. The van der Waals surface area contributed by atoms with Crippen LogP contribution < -0.4 is 4.90 Å². The summed E-state index contributed by atoms with van der Waals surface area (Å²) < 4.78 is 1.07. The van der Waals surface area contributed by atoms with Crippen molar-refractivity contribution in [1.29, 1.82) is 0 Å². The topological polar surface area (TPSA) is 20.3 Å². The Morgan fingerprint density at radius 1 is 1.22 bits per heavy atom. The summed E-state index contributed by atoms with van der Waals surface area (Å²) in [7, 11) is 1.81. The summed E-state index contributed by atoms with van der Waals surface area (Å²) in [5.41, 5.74) is 2.75. The minimum absolute atomic E-state index is 0.0562. The number of para-hydroxylation sites is 1. The van der Waals surface area contributed by atoms with Crippen LogP contribution in [0.25, 0.3) is 11.6 Å². The van der Waals surface area contributed by atoms with E-state index < -0.39 is 0 Å². The zero-order valence-corrected chi connectivity index (χ0v) is 12.1. The summed E-state index contributed by atoms with van der Waals surface area (Å²) in [5, 5.41) is 0. The van der Waals surface area contributed by atoms with E-state index in [1.54, 1.807) is 16.2 Å². The number of likely N-dealkylation sites (N-methyl/N-ethyl adjacent to an activating group) is 1. The quantitative estimate of drug-likeness (QED) is 0.727. The van der Waals surface area contributed by atoms with Crippen molar-refractivity contribution < 1.29 is 4.79 Å². The van der Waals surface area contributed by atoms with Crippen LogP contribution in [0.15, 0.2) is 40.2 Å². The molecule has 90 valence electrons. The number of carbonyl (C=O) groups is 1. The first-order chi connectivity index (χ1) is 8.66. The molecule has 0 bridgehead atoms. The monoisotopic (exact) mass is 319 g/mol. The van der Waals surface area contributed by atoms with Gasteiger partial charge in [0.1, 0.15) is 0 Å². The maximum absolute atomic E-state index is 12.2. The highest BCUT2D eigenvalue weighted by Crippen LogP contribution is 2.37. The molecule has 0 saturated carbocycles. The van der Waals surface area contributed by atoms with E-state index in [1.165, 1.54) is 0 Å². The summed E-state index contributed by atoms with van der Waals surface area (Å²) in [5.74, 6) is 0.0562. The van der Waals surface area contributed by atoms with Gasteiger partial charge >= 0.3 is 0 Å². The molecule has 0 N–H and O–H groups in total. The van der Waals surface area contributed by atoms with E-state index in [-0.39, 0.29) is 5.91 Å². The number of hydrogen-bond donors (Lipinski definition) is 0. The van der Waals surface area contributed by atoms with E-state index in [9.17, 15) is 4.79 Å². The van der Waals surface area contributed by atoms with E-state index in [0.717, 1.165) is 25.5 Å². The van der Waals surface area contributed by atoms with E-state index in [1.807, 2.05) is 49.5 Å². The van der Waals surface area contributed by atoms with Crippen LogP contribution in [0.5, 0.6) is 0 Å². The Morgan fingerprint density at radius 2 is 2.00 bits per heavy atom. The van der Waals surface area contributed by atoms with Crippen LogP contribution in [0.2, 0.25) is 0 Å². The molecule has 1 aromatic heterocycles. The largest absolute Gasteiger partial charge is 0.311 e. The lowest BCUT2D eigenvalue weighted by Crippen LogP contribution is -2.20. The Bertz CT molecular complexity index is 659. The fourth-order valence-corrected chi connectivity index (χ4v) is 3.45. The van der Waals surface area contributed by atoms with Crippen molar-refractivity contribution in [2.24, 2.45) is 0 Å². The van der Waals surface area contributed by atoms with E-state index in [2.05, 4.69) is 15.9 Å². The highest BCUT2D eigenvalue weighted by Gasteiger charge is 2.28. The number of hydrogen-bond acceptors (Lipinski definition) is 2. The highest BCUT2D eigenvalue weighted by atomic mass is 79.9. The number of carbonyl (C=O) groups excluding carboxylic acids is 1. The van der Waals surface area contributed by atoms with Gasteiger partial charge in [-0.3, -0.25) is 4.79 Å². The first-order valence-electron chi connectivity index (χ1n) is 5.51. The molecular formula is C14H10BrNOS. The Kier molecular flexibility index (Phi) is 2.84. The second-order valence-electron chi connectivity index (χ2n) is 4.08. The molecule has 1 aliphatic rings. The van der Waals surface area contributed by atoms with Gasteiger partial charge in [-0.1, -0.05) is 18.2 Å². The molecule has 1 aliphatic heterocycles. The van der Waals surface area contributed by atoms with Gasteiger partial charge in [-0.15, -0.1) is 11.3 Å². The molecule has 0 aliphatic carbocycles. The molecular weight excluding hydrogens is 310 g/mol. The minimum atomic E-state index is 0.0562. The zero-order valence-electron chi connectivity index (χ0n) is 9.68. The molecule has 2 nitrogen and oxygen atoms in total. The highest BCUT2D eigenvalue weighted by molar-refractivity contribution is 9.11. The van der Waals surface area contributed by atoms with Crippen LogP contribution in [0.3, 0.4) is 0 Å². The zero-order chi connectivity index (χ0) is 12.7. The van der Waals surface area contributed by atoms with Crippen molar-refractivity contribution >= 4 is 50.5 Å². The van der Waals surface area contributed by atoms with Crippen LogP contribution in [0, 0.1) is 0 Å². The number of amides is 1. The lowest BCUT2D eigenvalue weighted by molar-refractivity contribution is -0.112. The standard InChI is InChI=1S/C14H10BrNOS/c1-16-12-5-3-2-4-10(12)11(14(16)17)8-9-6-7-13(15)18-9/h2-8H,1H3/b11-8+. The van der Waals surface area contributed by atoms with Crippen LogP contribution >= 0.6 is 27.3 Å². The number of benzene rings is 1. The number of rotatable bonds is 1. The van der Waals surface area contributed by atoms with E-state index >= 15 is 0 Å². The summed E-state index contributed by atoms with van der Waals surface area (Å²) in [6.07, 6.45) is 1.96. The molecule has 0 spiro atoms. The van der Waals surface area contributed by atoms with Crippen LogP contribution in [-0.2, 0) is 4.79 Å². The second-order valence-corrected chi connectivity index (χ2v) is 6.58. The average Bonchev–Trinajstić information content (AvgIpc) is 2.88. The van der Waals surface area contributed by atoms with Gasteiger partial charge < -0.3 is 4.90 Å². The third kappa shape index (κ3) is 1.82. The Morgan fingerprint density at radius 3 is 2.72 bits per heavy atom. The number of fused-ring (bicyclic) bond motifs is 1. The maximum Gasteiger partial charge on any atom is 0.258 e. The Labute approximate surface area is 118 Å². The Balaban J connectivity index is 2.13. The van der Waals surface area contributed by atoms with E-state index in [0.29, 0.717) is 0 Å². The van der Waals surface area contributed by atoms with Gasteiger partial charge in [-0.25, -0.2) is 0 Å². The first-order valence-corrected chi connectivity index (χ1v) is 7.12. The van der Waals surface area contributed by atoms with Gasteiger partial charge in [0.15, 0.2) is 0 Å². The predicted molar refractivity (Wildman–Crippen MR) is 79.7 cm³/mol. The molecule has 3 rings (SSSR count). The summed E-state index contributed by atoms with van der Waals surface area (Å²) >= 11 is 5.06. The van der Waals surface area contributed by atoms with Crippen molar-refractivity contribution in [3.8, 4) is 0 Å². The van der Waals surface area contributed by atoms with Crippen LogP contribution in [0.1, 0.15) is 10.4 Å². The van der Waals surface area contributed by atoms with Gasteiger partial charge in [-0.2, -0.15) is 0 Å². The fraction of sp³-hybridized carbons (Fsp3) is 0.0714. The number of thiophene rings is 1. The number of nitrogens with zero attached hydrogens (tertiary/aromatic N) is 1. The molecule has 2 aromatic rings. The van der Waals surface area contributed by atoms with Crippen molar-refractivity contribution in [2.45, 2.75) is 0 Å². The number of anilines is 1. The van der Waals surface area contributed by atoms with Crippen molar-refractivity contribution in [1.82, 2.24) is 0 Å². The van der Waals surface area contributed by atoms with Crippen molar-refractivity contribution in [3.05, 3.63) is 50.6 Å². The molecule has 2 heterocycles. The second kappa shape index (κ2) is 4.37.